The molecule has 1 aliphatic rings. The van der Waals surface area contributed by atoms with Crippen molar-refractivity contribution in [2.45, 2.75) is 43.0 Å². The largest absolute Gasteiger partial charge is 0.573 e. The van der Waals surface area contributed by atoms with Crippen molar-refractivity contribution in [3.05, 3.63) is 24.3 Å². The number of carbonyl (C=O) groups excluding carboxylic acids is 1. The van der Waals surface area contributed by atoms with Gasteiger partial charge in [-0.1, -0.05) is 0 Å². The summed E-state index contributed by atoms with van der Waals surface area (Å²) in [6.45, 7) is 3.29. The number of amides is 1. The molecule has 2 heterocycles. The lowest BCUT2D eigenvalue weighted by Crippen LogP contribution is -2.50. The van der Waals surface area contributed by atoms with Gasteiger partial charge in [0.05, 0.1) is 5.25 Å². The van der Waals surface area contributed by atoms with Crippen LogP contribution in [0.2, 0.25) is 0 Å². The molecule has 9 nitrogen and oxygen atoms in total. The number of aromatic amines is 1. The average molecular weight is 462 g/mol. The molecule has 0 bridgehead atoms. The van der Waals surface area contributed by atoms with Crippen molar-refractivity contribution in [2.75, 3.05) is 18.5 Å². The minimum Gasteiger partial charge on any atom is -0.406 e. The van der Waals surface area contributed by atoms with Gasteiger partial charge in [-0.25, -0.2) is 8.42 Å². The highest BCUT2D eigenvalue weighted by Gasteiger charge is 2.46. The van der Waals surface area contributed by atoms with Gasteiger partial charge in [-0.15, -0.1) is 23.4 Å². The number of anilines is 1. The Morgan fingerprint density at radius 3 is 2.35 bits per heavy atom. The molecule has 1 amide bonds. The summed E-state index contributed by atoms with van der Waals surface area (Å²) in [7, 11) is -3.81. The number of sulfone groups is 1. The van der Waals surface area contributed by atoms with Crippen LogP contribution < -0.4 is 10.1 Å². The van der Waals surface area contributed by atoms with Crippen LogP contribution in [0, 0.1) is 0 Å². The number of carbonyl (C=O) groups is 1. The van der Waals surface area contributed by atoms with E-state index in [1.165, 1.54) is 26.0 Å². The molecule has 31 heavy (non-hydrogen) atoms. The third-order valence-electron chi connectivity index (χ3n) is 4.95. The van der Waals surface area contributed by atoms with Gasteiger partial charge in [-0.05, 0) is 51.0 Å². The van der Waals surface area contributed by atoms with E-state index in [4.69, 9.17) is 4.74 Å². The first-order valence-electron chi connectivity index (χ1n) is 9.31. The molecule has 3 rings (SSSR count). The highest BCUT2D eigenvalue weighted by atomic mass is 32.2. The molecule has 13 heteroatoms. The van der Waals surface area contributed by atoms with Crippen molar-refractivity contribution in [1.82, 2.24) is 15.2 Å². The average Bonchev–Trinajstić information content (AvgIpc) is 3.16. The molecular formula is C18H21F3N4O5S. The lowest BCUT2D eigenvalue weighted by atomic mass is 10.2. The zero-order valence-electron chi connectivity index (χ0n) is 16.7. The van der Waals surface area contributed by atoms with Crippen LogP contribution in [0.4, 0.5) is 19.1 Å². The molecule has 0 spiro atoms. The first kappa shape index (κ1) is 23.0. The standard InChI is InChI=1S/C18H21F3N4O5S/c1-17(2,31(27,28)13-7-9-29-10-8-13)15(26)23-16-22-14(24-25-16)11-3-5-12(6-4-11)30-18(19,20)21/h3-6,13H,7-10H2,1-2H3,(H2,22,23,24,25,26). The predicted molar refractivity (Wildman–Crippen MR) is 104 cm³/mol. The first-order valence-corrected chi connectivity index (χ1v) is 10.9. The van der Waals surface area contributed by atoms with Crippen molar-refractivity contribution in [3.63, 3.8) is 0 Å². The molecule has 1 saturated heterocycles. The number of halogens is 3. The quantitative estimate of drug-likeness (QED) is 0.677. The fraction of sp³-hybridized carbons (Fsp3) is 0.500. The minimum absolute atomic E-state index is 0.0918. The molecule has 0 aliphatic carbocycles. The number of ether oxygens (including phenoxy) is 2. The van der Waals surface area contributed by atoms with E-state index in [9.17, 15) is 26.4 Å². The first-order chi connectivity index (χ1) is 14.4. The van der Waals surface area contributed by atoms with Crippen molar-refractivity contribution in [2.24, 2.45) is 0 Å². The van der Waals surface area contributed by atoms with Gasteiger partial charge in [0.2, 0.25) is 11.9 Å². The summed E-state index contributed by atoms with van der Waals surface area (Å²) in [5.74, 6) is -1.11. The highest BCUT2D eigenvalue weighted by Crippen LogP contribution is 2.29. The summed E-state index contributed by atoms with van der Waals surface area (Å²) < 4.78 is 69.9. The molecule has 0 radical (unpaired) electrons. The maximum Gasteiger partial charge on any atom is 0.573 e. The molecule has 170 valence electrons. The zero-order chi connectivity index (χ0) is 22.9. The van der Waals surface area contributed by atoms with E-state index in [1.807, 2.05) is 0 Å². The van der Waals surface area contributed by atoms with E-state index < -0.39 is 37.9 Å². The lowest BCUT2D eigenvalue weighted by molar-refractivity contribution is -0.274. The van der Waals surface area contributed by atoms with Gasteiger partial charge in [0, 0.05) is 18.8 Å². The predicted octanol–water partition coefficient (Wildman–Crippen LogP) is 2.68. The van der Waals surface area contributed by atoms with Crippen LogP contribution in [-0.4, -0.2) is 59.1 Å². The van der Waals surface area contributed by atoms with Crippen LogP contribution in [0.1, 0.15) is 26.7 Å². The molecule has 1 fully saturated rings. The Hall–Kier alpha value is -2.67. The van der Waals surface area contributed by atoms with Gasteiger partial charge in [0.1, 0.15) is 10.5 Å². The van der Waals surface area contributed by atoms with Gasteiger partial charge in [0.15, 0.2) is 15.7 Å². The fourth-order valence-corrected chi connectivity index (χ4v) is 5.01. The number of hydrogen-bond acceptors (Lipinski definition) is 7. The van der Waals surface area contributed by atoms with Gasteiger partial charge in [-0.2, -0.15) is 0 Å². The summed E-state index contributed by atoms with van der Waals surface area (Å²) in [6.07, 6.45) is -4.16. The van der Waals surface area contributed by atoms with Crippen LogP contribution in [0.25, 0.3) is 11.4 Å². The van der Waals surface area contributed by atoms with Crippen molar-refractivity contribution in [1.29, 1.82) is 0 Å². The maximum atomic E-state index is 12.9. The molecule has 1 aliphatic heterocycles. The molecule has 0 unspecified atom stereocenters. The van der Waals surface area contributed by atoms with E-state index >= 15 is 0 Å². The topological polar surface area (TPSA) is 123 Å². The number of rotatable bonds is 6. The Bertz CT molecular complexity index is 1030. The van der Waals surface area contributed by atoms with Crippen LogP contribution in [0.15, 0.2) is 24.3 Å². The summed E-state index contributed by atoms with van der Waals surface area (Å²) in [5.41, 5.74) is 0.386. The van der Waals surface area contributed by atoms with Gasteiger partial charge in [-0.3, -0.25) is 10.1 Å². The Balaban J connectivity index is 1.70. The molecule has 0 saturated carbocycles. The fourth-order valence-electron chi connectivity index (χ4n) is 3.05. The third kappa shape index (κ3) is 5.15. The van der Waals surface area contributed by atoms with Crippen LogP contribution in [0.3, 0.4) is 0 Å². The number of aromatic nitrogens is 3. The summed E-state index contributed by atoms with van der Waals surface area (Å²) >= 11 is 0. The maximum absolute atomic E-state index is 12.9. The Kier molecular flexibility index (Phi) is 6.28. The van der Waals surface area contributed by atoms with E-state index in [-0.39, 0.29) is 11.8 Å². The molecular weight excluding hydrogens is 441 g/mol. The van der Waals surface area contributed by atoms with Crippen LogP contribution >= 0.6 is 0 Å². The highest BCUT2D eigenvalue weighted by molar-refractivity contribution is 7.94. The number of benzene rings is 1. The van der Waals surface area contributed by atoms with Crippen molar-refractivity contribution in [3.8, 4) is 17.1 Å². The van der Waals surface area contributed by atoms with E-state index in [1.54, 1.807) is 0 Å². The monoisotopic (exact) mass is 462 g/mol. The number of nitrogens with zero attached hydrogens (tertiary/aromatic N) is 2. The Labute approximate surface area is 176 Å². The molecule has 2 aromatic rings. The lowest BCUT2D eigenvalue weighted by Gasteiger charge is -2.30. The smallest absolute Gasteiger partial charge is 0.406 e. The van der Waals surface area contributed by atoms with Crippen molar-refractivity contribution >= 4 is 21.7 Å². The summed E-state index contributed by atoms with van der Waals surface area (Å²) in [6, 6.07) is 4.86. The number of H-pyrrole nitrogens is 1. The molecule has 1 aromatic heterocycles. The van der Waals surface area contributed by atoms with Crippen molar-refractivity contribution < 1.29 is 35.9 Å². The minimum atomic E-state index is -4.80. The second-order valence-corrected chi connectivity index (χ2v) is 10.2. The Morgan fingerprint density at radius 2 is 1.77 bits per heavy atom. The third-order valence-corrected chi connectivity index (χ3v) is 7.90. The van der Waals surface area contributed by atoms with Gasteiger partial charge >= 0.3 is 6.36 Å². The molecule has 1 aromatic carbocycles. The zero-order valence-corrected chi connectivity index (χ0v) is 17.5. The summed E-state index contributed by atoms with van der Waals surface area (Å²) in [5, 5.41) is 9.32. The van der Waals surface area contributed by atoms with E-state index in [2.05, 4.69) is 25.2 Å². The molecule has 2 N–H and O–H groups in total. The second-order valence-electron chi connectivity index (χ2n) is 7.42. The second kappa shape index (κ2) is 8.46. The van der Waals surface area contributed by atoms with E-state index in [0.29, 0.717) is 31.6 Å². The van der Waals surface area contributed by atoms with Crippen LogP contribution in [-0.2, 0) is 19.4 Å². The summed E-state index contributed by atoms with van der Waals surface area (Å²) in [4.78, 5) is 15.4. The normalized spacial score (nSPS) is 16.2. The Morgan fingerprint density at radius 1 is 1.16 bits per heavy atom. The molecule has 0 atom stereocenters. The van der Waals surface area contributed by atoms with E-state index in [0.717, 1.165) is 12.1 Å². The number of nitrogens with one attached hydrogen (secondary N) is 2. The number of hydrogen-bond donors (Lipinski definition) is 2. The SMILES string of the molecule is CC(C)(C(=O)Nc1nnc(-c2ccc(OC(F)(F)F)cc2)[nH]1)S(=O)(=O)C1CCOCC1. The number of alkyl halides is 3. The van der Waals surface area contributed by atoms with Gasteiger partial charge in [0.25, 0.3) is 0 Å². The van der Waals surface area contributed by atoms with Gasteiger partial charge < -0.3 is 14.5 Å². The van der Waals surface area contributed by atoms with Crippen LogP contribution in [0.5, 0.6) is 5.75 Å².